The van der Waals surface area contributed by atoms with Crippen molar-refractivity contribution >= 4 is 0 Å². The van der Waals surface area contributed by atoms with Crippen LogP contribution in [-0.4, -0.2) is 25.9 Å². The van der Waals surface area contributed by atoms with Gasteiger partial charge in [0.1, 0.15) is 5.75 Å². The second-order valence-corrected chi connectivity index (χ2v) is 6.74. The van der Waals surface area contributed by atoms with Crippen LogP contribution < -0.4 is 10.1 Å². The monoisotopic (exact) mass is 293 g/mol. The van der Waals surface area contributed by atoms with Gasteiger partial charge >= 0.3 is 0 Å². The lowest BCUT2D eigenvalue weighted by Gasteiger charge is -2.37. The van der Waals surface area contributed by atoms with Gasteiger partial charge in [-0.2, -0.15) is 0 Å². The fourth-order valence-corrected chi connectivity index (χ4v) is 2.54. The van der Waals surface area contributed by atoms with Gasteiger partial charge in [-0.05, 0) is 50.9 Å². The first-order chi connectivity index (χ1) is 9.79. The van der Waals surface area contributed by atoms with Crippen molar-refractivity contribution in [2.75, 3.05) is 13.7 Å². The average Bonchev–Trinajstić information content (AvgIpc) is 2.38. The minimum atomic E-state index is 0.0663. The van der Waals surface area contributed by atoms with Crippen molar-refractivity contribution < 1.29 is 9.47 Å². The van der Waals surface area contributed by atoms with Crippen molar-refractivity contribution in [2.24, 2.45) is 5.41 Å². The van der Waals surface area contributed by atoms with Crippen LogP contribution >= 0.6 is 0 Å². The van der Waals surface area contributed by atoms with Crippen LogP contribution in [0.5, 0.6) is 5.75 Å². The first-order valence-corrected chi connectivity index (χ1v) is 7.85. The van der Waals surface area contributed by atoms with Gasteiger partial charge in [0.2, 0.25) is 0 Å². The molecule has 1 aromatic carbocycles. The van der Waals surface area contributed by atoms with E-state index in [1.165, 1.54) is 5.56 Å². The normalized spacial score (nSPS) is 15.0. The minimum absolute atomic E-state index is 0.0663. The molecule has 1 rings (SSSR count). The fourth-order valence-electron chi connectivity index (χ4n) is 2.54. The molecule has 0 radical (unpaired) electrons. The van der Waals surface area contributed by atoms with Crippen molar-refractivity contribution in [3.63, 3.8) is 0 Å². The quantitative estimate of drug-likeness (QED) is 0.818. The minimum Gasteiger partial charge on any atom is -0.491 e. The second kappa shape index (κ2) is 7.81. The van der Waals surface area contributed by atoms with Gasteiger partial charge in [-0.15, -0.1) is 0 Å². The number of hydrogen-bond acceptors (Lipinski definition) is 3. The third-order valence-corrected chi connectivity index (χ3v) is 3.42. The topological polar surface area (TPSA) is 30.5 Å². The Morgan fingerprint density at radius 2 is 1.67 bits per heavy atom. The molecule has 21 heavy (non-hydrogen) atoms. The van der Waals surface area contributed by atoms with Crippen LogP contribution in [0.15, 0.2) is 24.3 Å². The molecule has 1 N–H and O–H groups in total. The zero-order chi connectivity index (χ0) is 16.0. The molecule has 0 amide bonds. The average molecular weight is 293 g/mol. The molecule has 0 aromatic heterocycles. The van der Waals surface area contributed by atoms with Crippen LogP contribution in [-0.2, 0) is 4.74 Å². The third-order valence-electron chi connectivity index (χ3n) is 3.42. The first-order valence-electron chi connectivity index (χ1n) is 7.85. The first kappa shape index (κ1) is 18.0. The Hall–Kier alpha value is -1.06. The van der Waals surface area contributed by atoms with Crippen LogP contribution in [0.4, 0.5) is 0 Å². The summed E-state index contributed by atoms with van der Waals surface area (Å²) >= 11 is 0. The molecule has 1 aromatic rings. The third kappa shape index (κ3) is 5.33. The Morgan fingerprint density at radius 1 is 1.10 bits per heavy atom. The highest BCUT2D eigenvalue weighted by Crippen LogP contribution is 2.33. The van der Waals surface area contributed by atoms with Gasteiger partial charge in [0, 0.05) is 6.61 Å². The molecule has 2 atom stereocenters. The van der Waals surface area contributed by atoms with Crippen LogP contribution in [0.3, 0.4) is 0 Å². The molecule has 120 valence electrons. The van der Waals surface area contributed by atoms with Gasteiger partial charge in [0.05, 0.1) is 18.2 Å². The maximum Gasteiger partial charge on any atom is 0.119 e. The molecular formula is C18H31NO2. The summed E-state index contributed by atoms with van der Waals surface area (Å²) in [5, 5.41) is 3.40. The highest BCUT2D eigenvalue weighted by Gasteiger charge is 2.33. The van der Waals surface area contributed by atoms with E-state index in [4.69, 9.17) is 9.47 Å². The van der Waals surface area contributed by atoms with Crippen molar-refractivity contribution in [3.05, 3.63) is 29.8 Å². The predicted octanol–water partition coefficient (Wildman–Crippen LogP) is 4.19. The molecule has 3 nitrogen and oxygen atoms in total. The van der Waals surface area contributed by atoms with Crippen molar-refractivity contribution in [1.82, 2.24) is 5.32 Å². The molecule has 0 saturated carbocycles. The molecule has 0 fully saturated rings. The van der Waals surface area contributed by atoms with E-state index in [9.17, 15) is 0 Å². The molecule has 2 unspecified atom stereocenters. The molecule has 0 bridgehead atoms. The maximum absolute atomic E-state index is 6.01. The van der Waals surface area contributed by atoms with E-state index in [0.29, 0.717) is 6.61 Å². The Kier molecular flexibility index (Phi) is 6.69. The summed E-state index contributed by atoms with van der Waals surface area (Å²) in [4.78, 5) is 0. The van der Waals surface area contributed by atoms with E-state index in [0.717, 1.165) is 5.75 Å². The second-order valence-electron chi connectivity index (χ2n) is 6.74. The summed E-state index contributed by atoms with van der Waals surface area (Å²) in [5.41, 5.74) is 1.29. The van der Waals surface area contributed by atoms with E-state index in [1.54, 1.807) is 0 Å². The Morgan fingerprint density at radius 3 is 2.05 bits per heavy atom. The predicted molar refractivity (Wildman–Crippen MR) is 88.9 cm³/mol. The molecule has 0 aliphatic heterocycles. The van der Waals surface area contributed by atoms with Crippen molar-refractivity contribution in [2.45, 2.75) is 59.8 Å². The zero-order valence-corrected chi connectivity index (χ0v) is 14.6. The molecule has 0 spiro atoms. The SMILES string of the molecule is CCOC(C(NC)c1ccc(OC(C)C)cc1)C(C)(C)C. The van der Waals surface area contributed by atoms with Crippen molar-refractivity contribution in [1.29, 1.82) is 0 Å². The Balaban J connectivity index is 2.97. The van der Waals surface area contributed by atoms with Gasteiger partial charge in [0.15, 0.2) is 0 Å². The maximum atomic E-state index is 6.01. The van der Waals surface area contributed by atoms with Gasteiger partial charge in [-0.3, -0.25) is 0 Å². The summed E-state index contributed by atoms with van der Waals surface area (Å²) in [7, 11) is 1.99. The Labute approximate surface area is 130 Å². The molecule has 0 saturated heterocycles. The number of ether oxygens (including phenoxy) is 2. The largest absolute Gasteiger partial charge is 0.491 e. The number of rotatable bonds is 7. The lowest BCUT2D eigenvalue weighted by molar-refractivity contribution is -0.0350. The highest BCUT2D eigenvalue weighted by atomic mass is 16.5. The molecule has 3 heteroatoms. The number of hydrogen-bond donors (Lipinski definition) is 1. The lowest BCUT2D eigenvalue weighted by Crippen LogP contribution is -2.41. The van der Waals surface area contributed by atoms with Crippen LogP contribution in [0.2, 0.25) is 0 Å². The van der Waals surface area contributed by atoms with E-state index >= 15 is 0 Å². The molecule has 0 aliphatic rings. The van der Waals surface area contributed by atoms with Crippen LogP contribution in [0.1, 0.15) is 53.1 Å². The van der Waals surface area contributed by atoms with Gasteiger partial charge in [-0.1, -0.05) is 32.9 Å². The summed E-state index contributed by atoms with van der Waals surface area (Å²) < 4.78 is 11.7. The zero-order valence-electron chi connectivity index (χ0n) is 14.6. The van der Waals surface area contributed by atoms with E-state index in [-0.39, 0.29) is 23.7 Å². The van der Waals surface area contributed by atoms with E-state index in [1.807, 2.05) is 40.0 Å². The van der Waals surface area contributed by atoms with Crippen molar-refractivity contribution in [3.8, 4) is 5.75 Å². The van der Waals surface area contributed by atoms with Gasteiger partial charge in [0.25, 0.3) is 0 Å². The number of likely N-dealkylation sites (N-methyl/N-ethyl adjacent to an activating group) is 1. The molecular weight excluding hydrogens is 262 g/mol. The summed E-state index contributed by atoms with van der Waals surface area (Å²) in [5.74, 6) is 0.910. The molecule has 0 aliphatic carbocycles. The lowest BCUT2D eigenvalue weighted by atomic mass is 9.82. The Bertz CT molecular complexity index is 406. The molecule has 0 heterocycles. The standard InChI is InChI=1S/C18H31NO2/c1-8-20-17(18(4,5)6)16(19-7)14-9-11-15(12-10-14)21-13(2)3/h9-13,16-17,19H,8H2,1-7H3. The van der Waals surface area contributed by atoms with E-state index < -0.39 is 0 Å². The highest BCUT2D eigenvalue weighted by molar-refractivity contribution is 5.30. The fraction of sp³-hybridized carbons (Fsp3) is 0.667. The van der Waals surface area contributed by atoms with Crippen LogP contribution in [0.25, 0.3) is 0 Å². The van der Waals surface area contributed by atoms with Gasteiger partial charge in [-0.25, -0.2) is 0 Å². The number of benzene rings is 1. The smallest absolute Gasteiger partial charge is 0.119 e. The number of nitrogens with one attached hydrogen (secondary N) is 1. The summed E-state index contributed by atoms with van der Waals surface area (Å²) in [6.45, 7) is 13.5. The van der Waals surface area contributed by atoms with Crippen LogP contribution in [0, 0.1) is 5.41 Å². The van der Waals surface area contributed by atoms with E-state index in [2.05, 4.69) is 38.2 Å². The summed E-state index contributed by atoms with van der Waals surface area (Å²) in [6.07, 6.45) is 0.311. The van der Waals surface area contributed by atoms with Gasteiger partial charge < -0.3 is 14.8 Å². The summed E-state index contributed by atoms with van der Waals surface area (Å²) in [6, 6.07) is 8.47.